The van der Waals surface area contributed by atoms with Gasteiger partial charge in [0.25, 0.3) is 5.91 Å². The molecule has 6 rings (SSSR count). The second kappa shape index (κ2) is 17.9. The lowest BCUT2D eigenvalue weighted by molar-refractivity contribution is -0.135. The number of aromatic nitrogens is 2. The molecule has 4 aromatic rings. The summed E-state index contributed by atoms with van der Waals surface area (Å²) in [5.74, 6) is -0.202. The Morgan fingerprint density at radius 3 is 1.84 bits per heavy atom. The number of imidazole rings is 1. The maximum absolute atomic E-state index is 13.6. The van der Waals surface area contributed by atoms with Gasteiger partial charge in [0, 0.05) is 24.2 Å². The van der Waals surface area contributed by atoms with E-state index >= 15 is 0 Å². The van der Waals surface area contributed by atoms with Crippen LogP contribution in [0.5, 0.6) is 0 Å². The highest BCUT2D eigenvalue weighted by Crippen LogP contribution is 2.34. The molecule has 2 aliphatic rings. The van der Waals surface area contributed by atoms with Crippen molar-refractivity contribution in [1.29, 1.82) is 0 Å². The highest BCUT2D eigenvalue weighted by atomic mass is 16.5. The summed E-state index contributed by atoms with van der Waals surface area (Å²) in [5, 5.41) is 11.4. The molecule has 302 valence electrons. The normalized spacial score (nSPS) is 18.9. The van der Waals surface area contributed by atoms with Crippen LogP contribution in [-0.4, -0.2) is 89.7 Å². The molecule has 2 heterocycles. The maximum Gasteiger partial charge on any atom is 0.407 e. The number of carbonyl (C=O) groups is 5. The summed E-state index contributed by atoms with van der Waals surface area (Å²) in [6, 6.07) is 19.6. The number of fused-ring (bicyclic) bond motifs is 1. The van der Waals surface area contributed by atoms with Crippen molar-refractivity contribution in [3.05, 3.63) is 78.1 Å². The molecule has 1 saturated carbocycles. The first-order valence-electron chi connectivity index (χ1n) is 19.7. The zero-order chi connectivity index (χ0) is 40.8. The topological polar surface area (TPSA) is 184 Å². The number of nitrogens with zero attached hydrogens (tertiary/aromatic N) is 2. The summed E-state index contributed by atoms with van der Waals surface area (Å²) in [4.78, 5) is 73.8. The smallest absolute Gasteiger partial charge is 0.407 e. The van der Waals surface area contributed by atoms with Gasteiger partial charge in [-0.05, 0) is 90.5 Å². The number of likely N-dealkylation sites (tertiary alicyclic amines) is 1. The van der Waals surface area contributed by atoms with E-state index < -0.39 is 24.3 Å². The summed E-state index contributed by atoms with van der Waals surface area (Å²) >= 11 is 0. The number of alkyl carbamates (subject to hydrolysis) is 2. The number of H-pyrrole nitrogens is 1. The molecule has 14 nitrogen and oxygen atoms in total. The van der Waals surface area contributed by atoms with Crippen LogP contribution in [0.3, 0.4) is 0 Å². The molecule has 0 radical (unpaired) electrons. The van der Waals surface area contributed by atoms with Crippen molar-refractivity contribution >= 4 is 40.9 Å². The lowest BCUT2D eigenvalue weighted by Crippen LogP contribution is -2.55. The largest absolute Gasteiger partial charge is 0.453 e. The molecule has 3 aromatic carbocycles. The van der Waals surface area contributed by atoms with Crippen molar-refractivity contribution in [1.82, 2.24) is 36.1 Å². The van der Waals surface area contributed by atoms with Gasteiger partial charge in [0.05, 0.1) is 31.3 Å². The number of rotatable bonds is 12. The molecule has 1 saturated heterocycles. The van der Waals surface area contributed by atoms with Gasteiger partial charge in [0.15, 0.2) is 0 Å². The first kappa shape index (κ1) is 40.7. The van der Waals surface area contributed by atoms with Crippen LogP contribution in [0.15, 0.2) is 66.7 Å². The fourth-order valence-electron chi connectivity index (χ4n) is 7.78. The lowest BCUT2D eigenvalue weighted by Gasteiger charge is -2.29. The molecule has 14 heteroatoms. The van der Waals surface area contributed by atoms with Gasteiger partial charge >= 0.3 is 12.2 Å². The zero-order valence-corrected chi connectivity index (χ0v) is 33.4. The van der Waals surface area contributed by atoms with Crippen molar-refractivity contribution in [2.45, 2.75) is 90.0 Å². The number of benzene rings is 3. The number of hydrogen-bond acceptors (Lipinski definition) is 8. The Hall–Kier alpha value is -5.92. The van der Waals surface area contributed by atoms with E-state index in [2.05, 4.69) is 49.2 Å². The molecule has 5 amide bonds. The number of carbonyl (C=O) groups excluding carboxylic acids is 5. The van der Waals surface area contributed by atoms with Crippen molar-refractivity contribution in [3.8, 4) is 22.3 Å². The Kier molecular flexibility index (Phi) is 12.8. The fraction of sp³-hybridized carbons (Fsp3) is 0.442. The zero-order valence-electron chi connectivity index (χ0n) is 33.4. The summed E-state index contributed by atoms with van der Waals surface area (Å²) < 4.78 is 9.44. The van der Waals surface area contributed by atoms with Crippen LogP contribution in [0.2, 0.25) is 0 Å². The SMILES string of the molecule is COC(=O)N[C@H](C(=O)N[C@H]1CCC[C@@H]1NC(=O)c1ccc(-c2ccc(-c3ccc4nc([C@@H]5CCCN5C(=O)[C@@H](NC(=O)OC)C(C)C)[nH]c4c3)cc2)cc1)C(C)C. The average Bonchev–Trinajstić information content (AvgIpc) is 3.98. The van der Waals surface area contributed by atoms with Crippen LogP contribution in [0.25, 0.3) is 33.3 Å². The Balaban J connectivity index is 1.08. The highest BCUT2D eigenvalue weighted by Gasteiger charge is 2.38. The summed E-state index contributed by atoms with van der Waals surface area (Å²) in [7, 11) is 2.54. The van der Waals surface area contributed by atoms with Gasteiger partial charge < -0.3 is 40.6 Å². The molecule has 5 N–H and O–H groups in total. The van der Waals surface area contributed by atoms with Crippen molar-refractivity contribution in [2.24, 2.45) is 11.8 Å². The molecule has 0 spiro atoms. The average molecular weight is 780 g/mol. The minimum Gasteiger partial charge on any atom is -0.453 e. The molecule has 57 heavy (non-hydrogen) atoms. The first-order valence-corrected chi connectivity index (χ1v) is 19.7. The summed E-state index contributed by atoms with van der Waals surface area (Å²) in [6.07, 6.45) is 2.64. The van der Waals surface area contributed by atoms with Crippen LogP contribution in [-0.2, 0) is 19.1 Å². The van der Waals surface area contributed by atoms with E-state index in [1.165, 1.54) is 14.2 Å². The molecule has 0 unspecified atom stereocenters. The minimum absolute atomic E-state index is 0.115. The van der Waals surface area contributed by atoms with E-state index in [0.717, 1.165) is 71.2 Å². The molecule has 0 bridgehead atoms. The van der Waals surface area contributed by atoms with E-state index in [9.17, 15) is 24.0 Å². The molecule has 5 atom stereocenters. The predicted octanol–water partition coefficient (Wildman–Crippen LogP) is 6.09. The summed E-state index contributed by atoms with van der Waals surface area (Å²) in [5.41, 5.74) is 6.21. The van der Waals surface area contributed by atoms with Crippen molar-refractivity contribution in [2.75, 3.05) is 20.8 Å². The quantitative estimate of drug-likeness (QED) is 0.114. The second-order valence-electron chi connectivity index (χ2n) is 15.5. The van der Waals surface area contributed by atoms with Crippen LogP contribution >= 0.6 is 0 Å². The van der Waals surface area contributed by atoms with Crippen molar-refractivity contribution < 1.29 is 33.4 Å². The minimum atomic E-state index is -0.749. The van der Waals surface area contributed by atoms with Crippen molar-refractivity contribution in [3.63, 3.8) is 0 Å². The maximum atomic E-state index is 13.6. The van der Waals surface area contributed by atoms with Gasteiger partial charge in [0.2, 0.25) is 11.8 Å². The van der Waals surface area contributed by atoms with Gasteiger partial charge in [-0.1, -0.05) is 70.2 Å². The van der Waals surface area contributed by atoms with Crippen LogP contribution < -0.4 is 21.3 Å². The Bertz CT molecular complexity index is 2080. The first-order chi connectivity index (χ1) is 27.4. The van der Waals surface area contributed by atoms with Gasteiger partial charge in [-0.25, -0.2) is 14.6 Å². The highest BCUT2D eigenvalue weighted by molar-refractivity contribution is 5.95. The van der Waals surface area contributed by atoms with E-state index in [0.29, 0.717) is 12.1 Å². The van der Waals surface area contributed by atoms with Gasteiger partial charge in [0.1, 0.15) is 17.9 Å². The lowest BCUT2D eigenvalue weighted by atomic mass is 9.99. The van der Waals surface area contributed by atoms with Gasteiger partial charge in [-0.2, -0.15) is 0 Å². The third-order valence-corrected chi connectivity index (χ3v) is 11.0. The molecule has 1 aliphatic heterocycles. The Morgan fingerprint density at radius 2 is 1.25 bits per heavy atom. The number of nitrogens with one attached hydrogen (secondary N) is 5. The molecule has 1 aromatic heterocycles. The predicted molar refractivity (Wildman–Crippen MR) is 216 cm³/mol. The molecular weight excluding hydrogens is 727 g/mol. The standard InChI is InChI=1S/C43H53N7O7/c1-24(2)36(48-42(54)56-5)40(52)47-32-10-7-9-31(32)46-39(51)29-18-16-27(17-19-29)26-12-14-28(15-13-26)30-20-21-33-34(23-30)45-38(44-33)35-11-8-22-50(35)41(53)37(25(3)4)49-43(55)57-6/h12-21,23-25,31-32,35-37H,7-11,22H2,1-6H3,(H,44,45)(H,46,51)(H,47,52)(H,48,54)(H,49,55)/t31-,32-,35-,36-,37-/m0/s1. The fourth-order valence-corrected chi connectivity index (χ4v) is 7.78. The third kappa shape index (κ3) is 9.38. The Morgan fingerprint density at radius 1 is 0.702 bits per heavy atom. The van der Waals surface area contributed by atoms with Crippen LogP contribution in [0.4, 0.5) is 9.59 Å². The van der Waals surface area contributed by atoms with Gasteiger partial charge in [-0.15, -0.1) is 0 Å². The summed E-state index contributed by atoms with van der Waals surface area (Å²) in [6.45, 7) is 8.07. The van der Waals surface area contributed by atoms with Crippen LogP contribution in [0, 0.1) is 11.8 Å². The molecule has 1 aliphatic carbocycles. The van der Waals surface area contributed by atoms with E-state index in [1.807, 2.05) is 69.0 Å². The number of hydrogen-bond donors (Lipinski definition) is 5. The second-order valence-corrected chi connectivity index (χ2v) is 15.5. The number of amides is 5. The Labute approximate surface area is 332 Å². The number of ether oxygens (including phenoxy) is 2. The molecule has 2 fully saturated rings. The number of aromatic amines is 1. The third-order valence-electron chi connectivity index (χ3n) is 11.0. The van der Waals surface area contributed by atoms with E-state index in [4.69, 9.17) is 9.72 Å². The van der Waals surface area contributed by atoms with Crippen LogP contribution in [0.1, 0.15) is 82.0 Å². The van der Waals surface area contributed by atoms with E-state index in [1.54, 1.807) is 12.1 Å². The monoisotopic (exact) mass is 779 g/mol. The van der Waals surface area contributed by atoms with Gasteiger partial charge in [-0.3, -0.25) is 14.4 Å². The molecular formula is C43H53N7O7. The number of methoxy groups -OCH3 is 2. The van der Waals surface area contributed by atoms with E-state index in [-0.39, 0.29) is 47.7 Å².